The predicted molar refractivity (Wildman–Crippen MR) is 72.8 cm³/mol. The molecule has 0 bridgehead atoms. The van der Waals surface area contributed by atoms with E-state index in [0.717, 1.165) is 16.9 Å². The van der Waals surface area contributed by atoms with Gasteiger partial charge in [-0.15, -0.1) is 0 Å². The summed E-state index contributed by atoms with van der Waals surface area (Å²) in [5.41, 5.74) is 8.44. The lowest BCUT2D eigenvalue weighted by atomic mass is 10.2. The summed E-state index contributed by atoms with van der Waals surface area (Å²) < 4.78 is 4.98. The van der Waals surface area contributed by atoms with Gasteiger partial charge in [-0.3, -0.25) is 0 Å². The fraction of sp³-hybridized carbons (Fsp3) is 0.143. The molecule has 0 aromatic heterocycles. The van der Waals surface area contributed by atoms with Crippen molar-refractivity contribution in [2.75, 3.05) is 18.2 Å². The monoisotopic (exact) mass is 244 g/mol. The van der Waals surface area contributed by atoms with Crippen molar-refractivity contribution in [2.45, 2.75) is 6.54 Å². The second kappa shape index (κ2) is 5.31. The first kappa shape index (κ1) is 12.1. The van der Waals surface area contributed by atoms with Crippen LogP contribution in [0.3, 0.4) is 0 Å². The van der Waals surface area contributed by atoms with Crippen LogP contribution >= 0.6 is 0 Å². The van der Waals surface area contributed by atoms with Crippen LogP contribution in [0.5, 0.6) is 11.5 Å². The molecule has 94 valence electrons. The smallest absolute Gasteiger partial charge is 0.160 e. The van der Waals surface area contributed by atoms with Crippen LogP contribution in [0.25, 0.3) is 0 Å². The first-order valence-electron chi connectivity index (χ1n) is 5.65. The van der Waals surface area contributed by atoms with Gasteiger partial charge in [0.2, 0.25) is 0 Å². The van der Waals surface area contributed by atoms with Gasteiger partial charge in [-0.05, 0) is 23.8 Å². The lowest BCUT2D eigenvalue weighted by Gasteiger charge is -2.10. The van der Waals surface area contributed by atoms with E-state index in [-0.39, 0.29) is 5.75 Å². The molecule has 0 aliphatic carbocycles. The van der Waals surface area contributed by atoms with Crippen molar-refractivity contribution < 1.29 is 9.84 Å². The number of aromatic hydroxyl groups is 1. The molecular formula is C14H16N2O2. The molecule has 18 heavy (non-hydrogen) atoms. The highest BCUT2D eigenvalue weighted by atomic mass is 16.5. The highest BCUT2D eigenvalue weighted by Gasteiger charge is 2.03. The number of hydrogen-bond acceptors (Lipinski definition) is 4. The molecule has 0 heterocycles. The van der Waals surface area contributed by atoms with Crippen LogP contribution in [0, 0.1) is 0 Å². The predicted octanol–water partition coefficient (Wildman–Crippen LogP) is 2.60. The number of nitrogens with two attached hydrogens (primary N) is 1. The van der Waals surface area contributed by atoms with Gasteiger partial charge in [0.05, 0.1) is 7.11 Å². The molecule has 2 aromatic rings. The van der Waals surface area contributed by atoms with Gasteiger partial charge in [-0.2, -0.15) is 0 Å². The van der Waals surface area contributed by atoms with Crippen molar-refractivity contribution in [3.8, 4) is 11.5 Å². The number of para-hydroxylation sites is 1. The summed E-state index contributed by atoms with van der Waals surface area (Å²) in [6.45, 7) is 0.610. The van der Waals surface area contributed by atoms with E-state index in [4.69, 9.17) is 10.5 Å². The summed E-state index contributed by atoms with van der Waals surface area (Å²) in [4.78, 5) is 0. The van der Waals surface area contributed by atoms with Gasteiger partial charge in [0.1, 0.15) is 0 Å². The van der Waals surface area contributed by atoms with Crippen LogP contribution in [-0.2, 0) is 6.54 Å². The second-order valence-corrected chi connectivity index (χ2v) is 3.94. The molecule has 0 fully saturated rings. The van der Waals surface area contributed by atoms with E-state index in [1.54, 1.807) is 12.1 Å². The van der Waals surface area contributed by atoms with Crippen molar-refractivity contribution in [3.63, 3.8) is 0 Å². The Hall–Kier alpha value is -2.36. The number of benzene rings is 2. The van der Waals surface area contributed by atoms with Gasteiger partial charge >= 0.3 is 0 Å². The molecule has 4 nitrogen and oxygen atoms in total. The Morgan fingerprint density at radius 3 is 2.67 bits per heavy atom. The molecule has 0 atom stereocenters. The third-order valence-corrected chi connectivity index (χ3v) is 2.72. The summed E-state index contributed by atoms with van der Waals surface area (Å²) in [6, 6.07) is 12.9. The topological polar surface area (TPSA) is 67.5 Å². The van der Waals surface area contributed by atoms with Crippen molar-refractivity contribution >= 4 is 11.4 Å². The van der Waals surface area contributed by atoms with Gasteiger partial charge in [0.25, 0.3) is 0 Å². The van der Waals surface area contributed by atoms with Crippen LogP contribution in [0.2, 0.25) is 0 Å². The zero-order valence-corrected chi connectivity index (χ0v) is 10.2. The maximum Gasteiger partial charge on any atom is 0.160 e. The van der Waals surface area contributed by atoms with Crippen LogP contribution in [0.4, 0.5) is 11.4 Å². The number of phenols is 1. The number of rotatable bonds is 4. The molecule has 0 unspecified atom stereocenters. The highest BCUT2D eigenvalue weighted by molar-refractivity contribution is 5.55. The summed E-state index contributed by atoms with van der Waals surface area (Å²) in [6.07, 6.45) is 0. The van der Waals surface area contributed by atoms with E-state index in [9.17, 15) is 5.11 Å². The maximum absolute atomic E-state index is 9.65. The van der Waals surface area contributed by atoms with E-state index in [1.807, 2.05) is 30.3 Å². The molecule has 4 N–H and O–H groups in total. The van der Waals surface area contributed by atoms with Gasteiger partial charge in [-0.1, -0.05) is 18.2 Å². The molecule has 0 aliphatic rings. The molecule has 2 aromatic carbocycles. The maximum atomic E-state index is 9.65. The number of ether oxygens (including phenoxy) is 1. The van der Waals surface area contributed by atoms with Crippen LogP contribution in [0.15, 0.2) is 42.5 Å². The molecule has 0 spiro atoms. The Kier molecular flexibility index (Phi) is 3.57. The molecule has 0 saturated heterocycles. The van der Waals surface area contributed by atoms with Gasteiger partial charge in [0.15, 0.2) is 11.5 Å². The van der Waals surface area contributed by atoms with Crippen LogP contribution in [-0.4, -0.2) is 12.2 Å². The third-order valence-electron chi connectivity index (χ3n) is 2.72. The SMILES string of the molecule is COc1ccc(NCc2ccccc2N)cc1O. The third kappa shape index (κ3) is 2.66. The lowest BCUT2D eigenvalue weighted by molar-refractivity contribution is 0.373. The minimum absolute atomic E-state index is 0.114. The number of anilines is 2. The van der Waals surface area contributed by atoms with E-state index < -0.39 is 0 Å². The van der Waals surface area contributed by atoms with Gasteiger partial charge < -0.3 is 20.9 Å². The minimum atomic E-state index is 0.114. The lowest BCUT2D eigenvalue weighted by Crippen LogP contribution is -2.02. The van der Waals surface area contributed by atoms with Crippen molar-refractivity contribution in [3.05, 3.63) is 48.0 Å². The molecule has 2 rings (SSSR count). The molecule has 0 amide bonds. The van der Waals surface area contributed by atoms with Gasteiger partial charge in [0, 0.05) is 24.0 Å². The fourth-order valence-corrected chi connectivity index (χ4v) is 1.69. The summed E-state index contributed by atoms with van der Waals surface area (Å²) in [7, 11) is 1.52. The second-order valence-electron chi connectivity index (χ2n) is 3.94. The number of phenolic OH excluding ortho intramolecular Hbond substituents is 1. The molecule has 0 saturated carbocycles. The standard InChI is InChI=1S/C14H16N2O2/c1-18-14-7-6-11(8-13(14)17)16-9-10-4-2-3-5-12(10)15/h2-8,16-17H,9,15H2,1H3. The number of nitrogens with one attached hydrogen (secondary N) is 1. The Labute approximate surface area is 106 Å². The van der Waals surface area contributed by atoms with E-state index >= 15 is 0 Å². The molecule has 0 aliphatic heterocycles. The molecular weight excluding hydrogens is 228 g/mol. The normalized spacial score (nSPS) is 10.1. The van der Waals surface area contributed by atoms with E-state index in [0.29, 0.717) is 12.3 Å². The molecule has 0 radical (unpaired) electrons. The van der Waals surface area contributed by atoms with Crippen LogP contribution in [0.1, 0.15) is 5.56 Å². The van der Waals surface area contributed by atoms with E-state index in [1.165, 1.54) is 7.11 Å². The summed E-state index contributed by atoms with van der Waals surface area (Å²) in [5, 5.41) is 12.9. The Morgan fingerprint density at radius 2 is 2.00 bits per heavy atom. The fourth-order valence-electron chi connectivity index (χ4n) is 1.69. The van der Waals surface area contributed by atoms with Crippen molar-refractivity contribution in [1.29, 1.82) is 0 Å². The van der Waals surface area contributed by atoms with Crippen molar-refractivity contribution in [2.24, 2.45) is 0 Å². The first-order chi connectivity index (χ1) is 8.70. The zero-order chi connectivity index (χ0) is 13.0. The minimum Gasteiger partial charge on any atom is -0.504 e. The Bertz CT molecular complexity index is 541. The zero-order valence-electron chi connectivity index (χ0n) is 10.2. The van der Waals surface area contributed by atoms with E-state index in [2.05, 4.69) is 5.32 Å². The number of methoxy groups -OCH3 is 1. The summed E-state index contributed by atoms with van der Waals surface area (Å²) in [5.74, 6) is 0.573. The Morgan fingerprint density at radius 1 is 1.22 bits per heavy atom. The highest BCUT2D eigenvalue weighted by Crippen LogP contribution is 2.28. The largest absolute Gasteiger partial charge is 0.504 e. The van der Waals surface area contributed by atoms with Crippen molar-refractivity contribution in [1.82, 2.24) is 0 Å². The Balaban J connectivity index is 2.07. The summed E-state index contributed by atoms with van der Waals surface area (Å²) >= 11 is 0. The number of hydrogen-bond donors (Lipinski definition) is 3. The van der Waals surface area contributed by atoms with Crippen LogP contribution < -0.4 is 15.8 Å². The average Bonchev–Trinajstić information content (AvgIpc) is 2.38. The average molecular weight is 244 g/mol. The first-order valence-corrected chi connectivity index (χ1v) is 5.65. The van der Waals surface area contributed by atoms with Gasteiger partial charge in [-0.25, -0.2) is 0 Å². The number of nitrogen functional groups attached to an aromatic ring is 1. The quantitative estimate of drug-likeness (QED) is 0.723. The molecule has 4 heteroatoms.